The van der Waals surface area contributed by atoms with E-state index in [2.05, 4.69) is 5.32 Å². The van der Waals surface area contributed by atoms with E-state index in [1.807, 2.05) is 36.1 Å². The molecule has 4 heteroatoms. The highest BCUT2D eigenvalue weighted by Crippen LogP contribution is 2.31. The van der Waals surface area contributed by atoms with Gasteiger partial charge in [-0.15, -0.1) is 0 Å². The van der Waals surface area contributed by atoms with Gasteiger partial charge in [-0.1, -0.05) is 12.1 Å². The monoisotopic (exact) mass is 272 g/mol. The Bertz CT molecular complexity index is 537. The van der Waals surface area contributed by atoms with Gasteiger partial charge in [0.15, 0.2) is 0 Å². The van der Waals surface area contributed by atoms with Crippen molar-refractivity contribution in [1.29, 1.82) is 0 Å². The summed E-state index contributed by atoms with van der Waals surface area (Å²) in [5, 5.41) is 2.92. The van der Waals surface area contributed by atoms with Gasteiger partial charge in [-0.05, 0) is 43.9 Å². The van der Waals surface area contributed by atoms with Gasteiger partial charge in [0.2, 0.25) is 11.8 Å². The van der Waals surface area contributed by atoms with E-state index >= 15 is 0 Å². The van der Waals surface area contributed by atoms with Crippen LogP contribution in [0.15, 0.2) is 24.3 Å². The minimum atomic E-state index is -0.205. The molecule has 20 heavy (non-hydrogen) atoms. The highest BCUT2D eigenvalue weighted by molar-refractivity contribution is 5.97. The molecule has 1 aliphatic carbocycles. The first-order valence-electron chi connectivity index (χ1n) is 7.30. The van der Waals surface area contributed by atoms with Crippen LogP contribution >= 0.6 is 0 Å². The number of amides is 2. The van der Waals surface area contributed by atoms with E-state index in [1.165, 1.54) is 6.42 Å². The second-order valence-corrected chi connectivity index (χ2v) is 5.89. The normalized spacial score (nSPS) is 22.8. The second kappa shape index (κ2) is 5.27. The molecule has 1 atom stereocenters. The van der Waals surface area contributed by atoms with Crippen molar-refractivity contribution in [2.45, 2.75) is 38.6 Å². The van der Waals surface area contributed by atoms with Crippen LogP contribution in [0.4, 0.5) is 5.69 Å². The molecule has 1 N–H and O–H groups in total. The van der Waals surface area contributed by atoms with Gasteiger partial charge in [-0.3, -0.25) is 9.59 Å². The Labute approximate surface area is 119 Å². The molecule has 0 bridgehead atoms. The number of carbonyl (C=O) groups excluding carboxylic acids is 2. The molecule has 0 aromatic heterocycles. The van der Waals surface area contributed by atoms with E-state index < -0.39 is 0 Å². The van der Waals surface area contributed by atoms with E-state index in [-0.39, 0.29) is 17.7 Å². The number of nitrogens with one attached hydrogen (secondary N) is 1. The molecule has 106 valence electrons. The van der Waals surface area contributed by atoms with E-state index in [0.717, 1.165) is 24.1 Å². The fourth-order valence-corrected chi connectivity index (χ4v) is 2.93. The highest BCUT2D eigenvalue weighted by atomic mass is 16.2. The van der Waals surface area contributed by atoms with Crippen LogP contribution in [0.1, 0.15) is 31.2 Å². The van der Waals surface area contributed by atoms with Gasteiger partial charge in [0.05, 0.1) is 5.92 Å². The van der Waals surface area contributed by atoms with Crippen LogP contribution < -0.4 is 5.32 Å². The van der Waals surface area contributed by atoms with Crippen molar-refractivity contribution >= 4 is 17.5 Å². The Morgan fingerprint density at radius 3 is 2.80 bits per heavy atom. The summed E-state index contributed by atoms with van der Waals surface area (Å²) in [6.07, 6.45) is 3.75. The zero-order valence-electron chi connectivity index (χ0n) is 11.8. The Morgan fingerprint density at radius 2 is 2.15 bits per heavy atom. The molecule has 0 spiro atoms. The third-order valence-electron chi connectivity index (χ3n) is 4.33. The molecule has 1 aliphatic heterocycles. The lowest BCUT2D eigenvalue weighted by atomic mass is 9.92. The van der Waals surface area contributed by atoms with Crippen LogP contribution in [-0.2, 0) is 9.59 Å². The minimum absolute atomic E-state index is 0.0363. The lowest BCUT2D eigenvalue weighted by molar-refractivity contribution is -0.131. The van der Waals surface area contributed by atoms with Crippen molar-refractivity contribution in [2.75, 3.05) is 11.9 Å². The van der Waals surface area contributed by atoms with Crippen LogP contribution in [0.5, 0.6) is 0 Å². The molecule has 1 saturated heterocycles. The molecule has 2 aliphatic rings. The first-order chi connectivity index (χ1) is 9.63. The summed E-state index contributed by atoms with van der Waals surface area (Å²) in [6.45, 7) is 2.58. The van der Waals surface area contributed by atoms with Crippen molar-refractivity contribution in [3.63, 3.8) is 0 Å². The predicted octanol–water partition coefficient (Wildman–Crippen LogP) is 2.33. The summed E-state index contributed by atoms with van der Waals surface area (Å²) in [5.41, 5.74) is 1.92. The van der Waals surface area contributed by atoms with Crippen LogP contribution in [0.3, 0.4) is 0 Å². The lowest BCUT2D eigenvalue weighted by Gasteiger charge is -2.34. The molecule has 4 nitrogen and oxygen atoms in total. The van der Waals surface area contributed by atoms with E-state index in [9.17, 15) is 9.59 Å². The number of hydrogen-bond acceptors (Lipinski definition) is 2. The number of hydrogen-bond donors (Lipinski definition) is 1. The van der Waals surface area contributed by atoms with Crippen LogP contribution in [-0.4, -0.2) is 29.3 Å². The maximum atomic E-state index is 12.3. The first kappa shape index (κ1) is 13.2. The summed E-state index contributed by atoms with van der Waals surface area (Å²) in [4.78, 5) is 26.1. The number of nitrogens with zero attached hydrogens (tertiary/aromatic N) is 1. The molecule has 1 heterocycles. The second-order valence-electron chi connectivity index (χ2n) is 5.89. The molecule has 0 radical (unpaired) electrons. The van der Waals surface area contributed by atoms with Gasteiger partial charge >= 0.3 is 0 Å². The maximum Gasteiger partial charge on any atom is 0.229 e. The number of anilines is 1. The number of carbonyl (C=O) groups is 2. The average molecular weight is 272 g/mol. The zero-order chi connectivity index (χ0) is 14.1. The van der Waals surface area contributed by atoms with Gasteiger partial charge in [0, 0.05) is 24.7 Å². The first-order valence-corrected chi connectivity index (χ1v) is 7.30. The molecule has 2 fully saturated rings. The van der Waals surface area contributed by atoms with Crippen molar-refractivity contribution < 1.29 is 9.59 Å². The van der Waals surface area contributed by atoms with Crippen molar-refractivity contribution in [1.82, 2.24) is 4.90 Å². The Balaban J connectivity index is 1.62. The van der Waals surface area contributed by atoms with Gasteiger partial charge < -0.3 is 10.2 Å². The van der Waals surface area contributed by atoms with Gasteiger partial charge in [-0.2, -0.15) is 0 Å². The molecular weight excluding hydrogens is 252 g/mol. The SMILES string of the molecule is Cc1cccc(NC(=O)C2CC(=O)N(C3CCC3)C2)c1. The fourth-order valence-electron chi connectivity index (χ4n) is 2.93. The number of rotatable bonds is 3. The standard InChI is InChI=1S/C16H20N2O2/c1-11-4-2-5-13(8-11)17-16(20)12-9-15(19)18(10-12)14-6-3-7-14/h2,4-5,8,12,14H,3,6-7,9-10H2,1H3,(H,17,20). The van der Waals surface area contributed by atoms with Crippen molar-refractivity contribution in [3.8, 4) is 0 Å². The minimum Gasteiger partial charge on any atom is -0.339 e. The van der Waals surface area contributed by atoms with Gasteiger partial charge in [0.1, 0.15) is 0 Å². The predicted molar refractivity (Wildman–Crippen MR) is 77.3 cm³/mol. The maximum absolute atomic E-state index is 12.3. The van der Waals surface area contributed by atoms with Crippen LogP contribution in [0.25, 0.3) is 0 Å². The fraction of sp³-hybridized carbons (Fsp3) is 0.500. The molecule has 1 aromatic rings. The zero-order valence-corrected chi connectivity index (χ0v) is 11.8. The molecule has 2 amide bonds. The van der Waals surface area contributed by atoms with Gasteiger partial charge in [-0.25, -0.2) is 0 Å². The Kier molecular flexibility index (Phi) is 3.47. The third-order valence-corrected chi connectivity index (χ3v) is 4.33. The van der Waals surface area contributed by atoms with E-state index in [1.54, 1.807) is 0 Å². The summed E-state index contributed by atoms with van der Waals surface area (Å²) in [6, 6.07) is 8.13. The van der Waals surface area contributed by atoms with Crippen molar-refractivity contribution in [3.05, 3.63) is 29.8 Å². The molecule has 3 rings (SSSR count). The van der Waals surface area contributed by atoms with Crippen LogP contribution in [0, 0.1) is 12.8 Å². The molecular formula is C16H20N2O2. The Hall–Kier alpha value is -1.84. The van der Waals surface area contributed by atoms with Crippen molar-refractivity contribution in [2.24, 2.45) is 5.92 Å². The highest BCUT2D eigenvalue weighted by Gasteiger charge is 2.39. The van der Waals surface area contributed by atoms with E-state index in [4.69, 9.17) is 0 Å². The summed E-state index contributed by atoms with van der Waals surface area (Å²) in [7, 11) is 0. The Morgan fingerprint density at radius 1 is 1.35 bits per heavy atom. The quantitative estimate of drug-likeness (QED) is 0.918. The number of benzene rings is 1. The molecule has 1 aromatic carbocycles. The smallest absolute Gasteiger partial charge is 0.229 e. The number of aryl methyl sites for hydroxylation is 1. The molecule has 1 unspecified atom stereocenters. The summed E-state index contributed by atoms with van der Waals surface area (Å²) >= 11 is 0. The number of likely N-dealkylation sites (tertiary alicyclic amines) is 1. The summed E-state index contributed by atoms with van der Waals surface area (Å²) in [5.74, 6) is -0.103. The third kappa shape index (κ3) is 2.55. The average Bonchev–Trinajstić information content (AvgIpc) is 2.70. The van der Waals surface area contributed by atoms with E-state index in [0.29, 0.717) is 19.0 Å². The van der Waals surface area contributed by atoms with Gasteiger partial charge in [0.25, 0.3) is 0 Å². The largest absolute Gasteiger partial charge is 0.339 e. The van der Waals surface area contributed by atoms with Crippen LogP contribution in [0.2, 0.25) is 0 Å². The molecule has 1 saturated carbocycles. The lowest BCUT2D eigenvalue weighted by Crippen LogP contribution is -2.41. The summed E-state index contributed by atoms with van der Waals surface area (Å²) < 4.78 is 0. The topological polar surface area (TPSA) is 49.4 Å².